The molecule has 0 saturated carbocycles. The van der Waals surface area contributed by atoms with Crippen LogP contribution < -0.4 is 5.32 Å². The van der Waals surface area contributed by atoms with Gasteiger partial charge in [-0.3, -0.25) is 19.6 Å². The average molecular weight is 343 g/mol. The standard InChI is InChI=1S/C17H21N5O3/c1-17(2,21-12-15(10-18-21)22(24)25)16(23)20-9-8-14(11-20)19-13-6-4-3-5-7-13/h3-7,10,12,14,19H,8-9,11H2,1-2H3. The monoisotopic (exact) mass is 343 g/mol. The molecule has 1 aliphatic rings. The van der Waals surface area contributed by atoms with Crippen molar-refractivity contribution >= 4 is 17.3 Å². The van der Waals surface area contributed by atoms with Gasteiger partial charge in [-0.1, -0.05) is 18.2 Å². The molecular formula is C17H21N5O3. The Morgan fingerprint density at radius 3 is 2.72 bits per heavy atom. The summed E-state index contributed by atoms with van der Waals surface area (Å²) in [4.78, 5) is 25.0. The summed E-state index contributed by atoms with van der Waals surface area (Å²) in [6.07, 6.45) is 3.32. The number of nitrogens with one attached hydrogen (secondary N) is 1. The van der Waals surface area contributed by atoms with Crippen LogP contribution in [0.4, 0.5) is 11.4 Å². The summed E-state index contributed by atoms with van der Waals surface area (Å²) in [5, 5.41) is 18.3. The maximum atomic E-state index is 12.9. The summed E-state index contributed by atoms with van der Waals surface area (Å²) in [5.74, 6) is -0.0946. The van der Waals surface area contributed by atoms with E-state index < -0.39 is 10.5 Å². The van der Waals surface area contributed by atoms with Crippen LogP contribution in [0.1, 0.15) is 20.3 Å². The molecule has 25 heavy (non-hydrogen) atoms. The first-order chi connectivity index (χ1) is 11.9. The number of carbonyl (C=O) groups excluding carboxylic acids is 1. The topological polar surface area (TPSA) is 93.3 Å². The number of hydrogen-bond donors (Lipinski definition) is 1. The minimum absolute atomic E-state index is 0.0946. The van der Waals surface area contributed by atoms with Crippen molar-refractivity contribution in [1.82, 2.24) is 14.7 Å². The van der Waals surface area contributed by atoms with Crippen molar-refractivity contribution in [2.45, 2.75) is 31.8 Å². The molecule has 8 nitrogen and oxygen atoms in total. The summed E-state index contributed by atoms with van der Waals surface area (Å²) in [6, 6.07) is 10.1. The number of likely N-dealkylation sites (tertiary alicyclic amines) is 1. The zero-order valence-electron chi connectivity index (χ0n) is 14.3. The lowest BCUT2D eigenvalue weighted by Gasteiger charge is -2.29. The van der Waals surface area contributed by atoms with Crippen LogP contribution in [0, 0.1) is 10.1 Å². The van der Waals surface area contributed by atoms with Gasteiger partial charge in [0.15, 0.2) is 0 Å². The largest absolute Gasteiger partial charge is 0.380 e. The molecule has 132 valence electrons. The van der Waals surface area contributed by atoms with E-state index in [0.29, 0.717) is 13.1 Å². The van der Waals surface area contributed by atoms with E-state index in [1.54, 1.807) is 18.7 Å². The first-order valence-electron chi connectivity index (χ1n) is 8.18. The lowest BCUT2D eigenvalue weighted by molar-refractivity contribution is -0.385. The van der Waals surface area contributed by atoms with Crippen LogP contribution in [0.5, 0.6) is 0 Å². The molecule has 1 unspecified atom stereocenters. The van der Waals surface area contributed by atoms with E-state index in [-0.39, 0.29) is 17.6 Å². The Kier molecular flexibility index (Phi) is 4.43. The van der Waals surface area contributed by atoms with Gasteiger partial charge < -0.3 is 10.2 Å². The molecule has 1 aromatic heterocycles. The molecule has 0 bridgehead atoms. The van der Waals surface area contributed by atoms with E-state index in [1.165, 1.54) is 17.1 Å². The quantitative estimate of drug-likeness (QED) is 0.664. The van der Waals surface area contributed by atoms with Crippen molar-refractivity contribution in [3.8, 4) is 0 Å². The smallest absolute Gasteiger partial charge is 0.307 e. The second-order valence-electron chi connectivity index (χ2n) is 6.71. The third kappa shape index (κ3) is 3.47. The van der Waals surface area contributed by atoms with E-state index in [2.05, 4.69) is 10.4 Å². The van der Waals surface area contributed by atoms with Gasteiger partial charge in [-0.05, 0) is 32.4 Å². The summed E-state index contributed by atoms with van der Waals surface area (Å²) in [5.41, 5.74) is -0.0646. The predicted octanol–water partition coefficient (Wildman–Crippen LogP) is 2.24. The van der Waals surface area contributed by atoms with Gasteiger partial charge in [0.05, 0.1) is 4.92 Å². The number of carbonyl (C=O) groups is 1. The van der Waals surface area contributed by atoms with E-state index in [9.17, 15) is 14.9 Å². The number of nitrogens with zero attached hydrogens (tertiary/aromatic N) is 4. The van der Waals surface area contributed by atoms with Gasteiger partial charge in [0, 0.05) is 24.8 Å². The number of anilines is 1. The summed E-state index contributed by atoms with van der Waals surface area (Å²) >= 11 is 0. The van der Waals surface area contributed by atoms with Crippen LogP contribution in [0.15, 0.2) is 42.7 Å². The summed E-state index contributed by atoms with van der Waals surface area (Å²) in [6.45, 7) is 4.70. The molecule has 1 saturated heterocycles. The van der Waals surface area contributed by atoms with Crippen molar-refractivity contribution in [1.29, 1.82) is 0 Å². The van der Waals surface area contributed by atoms with Crippen LogP contribution in [-0.4, -0.2) is 44.6 Å². The number of para-hydroxylation sites is 1. The lowest BCUT2D eigenvalue weighted by atomic mass is 10.0. The predicted molar refractivity (Wildman–Crippen MR) is 93.3 cm³/mol. The first kappa shape index (κ1) is 16.9. The number of rotatable bonds is 5. The molecular weight excluding hydrogens is 322 g/mol. The molecule has 0 aliphatic carbocycles. The van der Waals surface area contributed by atoms with E-state index in [1.807, 2.05) is 30.3 Å². The highest BCUT2D eigenvalue weighted by Crippen LogP contribution is 2.24. The maximum absolute atomic E-state index is 12.9. The highest BCUT2D eigenvalue weighted by atomic mass is 16.6. The molecule has 8 heteroatoms. The van der Waals surface area contributed by atoms with Gasteiger partial charge in [-0.25, -0.2) is 0 Å². The molecule has 1 aliphatic heterocycles. The molecule has 1 aromatic carbocycles. The number of aromatic nitrogens is 2. The number of nitro groups is 1. The minimum Gasteiger partial charge on any atom is -0.380 e. The molecule has 0 radical (unpaired) electrons. The Bertz CT molecular complexity index is 772. The van der Waals surface area contributed by atoms with E-state index in [4.69, 9.17) is 0 Å². The molecule has 0 spiro atoms. The highest BCUT2D eigenvalue weighted by Gasteiger charge is 2.38. The Labute approximate surface area is 145 Å². The molecule has 1 atom stereocenters. The van der Waals surface area contributed by atoms with Crippen molar-refractivity contribution in [2.24, 2.45) is 0 Å². The van der Waals surface area contributed by atoms with Crippen molar-refractivity contribution < 1.29 is 9.72 Å². The second kappa shape index (κ2) is 6.54. The second-order valence-corrected chi connectivity index (χ2v) is 6.71. The number of amides is 1. The summed E-state index contributed by atoms with van der Waals surface area (Å²) < 4.78 is 1.37. The van der Waals surface area contributed by atoms with Gasteiger partial charge in [-0.15, -0.1) is 0 Å². The van der Waals surface area contributed by atoms with E-state index in [0.717, 1.165) is 12.1 Å². The van der Waals surface area contributed by atoms with Crippen molar-refractivity contribution in [3.63, 3.8) is 0 Å². The summed E-state index contributed by atoms with van der Waals surface area (Å²) in [7, 11) is 0. The average Bonchev–Trinajstić information content (AvgIpc) is 3.25. The Morgan fingerprint density at radius 2 is 2.08 bits per heavy atom. The molecule has 1 fully saturated rings. The zero-order valence-corrected chi connectivity index (χ0v) is 14.3. The lowest BCUT2D eigenvalue weighted by Crippen LogP contribution is -2.46. The van der Waals surface area contributed by atoms with Gasteiger partial charge in [0.2, 0.25) is 5.91 Å². The third-order valence-electron chi connectivity index (χ3n) is 4.50. The van der Waals surface area contributed by atoms with Crippen LogP contribution in [0.2, 0.25) is 0 Å². The van der Waals surface area contributed by atoms with Gasteiger partial charge in [-0.2, -0.15) is 5.10 Å². The van der Waals surface area contributed by atoms with Crippen molar-refractivity contribution in [2.75, 3.05) is 18.4 Å². The fourth-order valence-corrected chi connectivity index (χ4v) is 3.03. The number of hydrogen-bond acceptors (Lipinski definition) is 5. The van der Waals surface area contributed by atoms with Crippen LogP contribution in [0.25, 0.3) is 0 Å². The maximum Gasteiger partial charge on any atom is 0.307 e. The van der Waals surface area contributed by atoms with E-state index >= 15 is 0 Å². The first-order valence-corrected chi connectivity index (χ1v) is 8.18. The Balaban J connectivity index is 1.67. The van der Waals surface area contributed by atoms with Crippen LogP contribution in [0.3, 0.4) is 0 Å². The number of benzene rings is 1. The highest BCUT2D eigenvalue weighted by molar-refractivity contribution is 5.84. The zero-order chi connectivity index (χ0) is 18.0. The molecule has 1 N–H and O–H groups in total. The Hall–Kier alpha value is -2.90. The molecule has 2 heterocycles. The van der Waals surface area contributed by atoms with Crippen LogP contribution >= 0.6 is 0 Å². The SMILES string of the molecule is CC(C)(C(=O)N1CCC(Nc2ccccc2)C1)n1cc([N+](=O)[O-])cn1. The van der Waals surface area contributed by atoms with Gasteiger partial charge in [0.25, 0.3) is 0 Å². The van der Waals surface area contributed by atoms with Gasteiger partial charge >= 0.3 is 5.69 Å². The Morgan fingerprint density at radius 1 is 1.36 bits per heavy atom. The molecule has 3 rings (SSSR count). The van der Waals surface area contributed by atoms with Gasteiger partial charge in [0.1, 0.15) is 17.9 Å². The minimum atomic E-state index is -0.976. The fraction of sp³-hybridized carbons (Fsp3) is 0.412. The molecule has 1 amide bonds. The fourth-order valence-electron chi connectivity index (χ4n) is 3.03. The molecule has 2 aromatic rings. The van der Waals surface area contributed by atoms with Crippen molar-refractivity contribution in [3.05, 3.63) is 52.8 Å². The third-order valence-corrected chi connectivity index (χ3v) is 4.50. The normalized spacial score (nSPS) is 17.5. The van der Waals surface area contributed by atoms with Crippen LogP contribution in [-0.2, 0) is 10.3 Å².